The lowest BCUT2D eigenvalue weighted by atomic mass is 10.1. The summed E-state index contributed by atoms with van der Waals surface area (Å²) in [5.41, 5.74) is 0. The van der Waals surface area contributed by atoms with Crippen molar-refractivity contribution in [3.8, 4) is 0 Å². The van der Waals surface area contributed by atoms with Gasteiger partial charge in [0.25, 0.3) is 0 Å². The summed E-state index contributed by atoms with van der Waals surface area (Å²) in [6.07, 6.45) is 2.53. The van der Waals surface area contributed by atoms with Crippen LogP contribution in [0.5, 0.6) is 0 Å². The molecule has 3 nitrogen and oxygen atoms in total. The number of hydrogen-bond acceptors (Lipinski definition) is 3. The summed E-state index contributed by atoms with van der Waals surface area (Å²) < 4.78 is 26.6. The van der Waals surface area contributed by atoms with Crippen molar-refractivity contribution in [1.82, 2.24) is 0 Å². The monoisotopic (exact) mass is 242 g/mol. The van der Waals surface area contributed by atoms with Gasteiger partial charge in [0.05, 0.1) is 5.75 Å². The van der Waals surface area contributed by atoms with Gasteiger partial charge in [0.2, 0.25) is 9.05 Å². The Morgan fingerprint density at radius 2 is 1.93 bits per heavy atom. The van der Waals surface area contributed by atoms with Crippen molar-refractivity contribution in [2.24, 2.45) is 5.92 Å². The molecule has 0 heterocycles. The smallest absolute Gasteiger partial charge is 0.232 e. The van der Waals surface area contributed by atoms with Crippen LogP contribution < -0.4 is 0 Å². The lowest BCUT2D eigenvalue weighted by Gasteiger charge is -2.09. The van der Waals surface area contributed by atoms with E-state index in [0.717, 1.165) is 19.4 Å². The number of hydrogen-bond donors (Lipinski definition) is 0. The quantitative estimate of drug-likeness (QED) is 0.485. The fourth-order valence-electron chi connectivity index (χ4n) is 1.02. The van der Waals surface area contributed by atoms with E-state index >= 15 is 0 Å². The largest absolute Gasteiger partial charge is 0.381 e. The summed E-state index contributed by atoms with van der Waals surface area (Å²) in [6, 6.07) is 0. The predicted octanol–water partition coefficient (Wildman–Crippen LogP) is 2.40. The number of halogens is 1. The Hall–Kier alpha value is 0.200. The van der Waals surface area contributed by atoms with Crippen LogP contribution in [0.4, 0.5) is 0 Å². The standard InChI is InChI=1S/C9H19ClO3S/c1-3-6-13-7-4-9(2)5-8-14(10,11)12/h9H,3-8H2,1-2H3. The summed E-state index contributed by atoms with van der Waals surface area (Å²) in [7, 11) is 1.78. The Balaban J connectivity index is 3.42. The predicted molar refractivity (Wildman–Crippen MR) is 59.1 cm³/mol. The molecule has 1 atom stereocenters. The third kappa shape index (κ3) is 10.3. The molecule has 0 aromatic heterocycles. The van der Waals surface area contributed by atoms with E-state index in [1.54, 1.807) is 0 Å². The maximum Gasteiger partial charge on any atom is 0.232 e. The molecule has 0 aromatic rings. The molecule has 0 fully saturated rings. The molecule has 0 amide bonds. The van der Waals surface area contributed by atoms with E-state index in [1.165, 1.54) is 0 Å². The Kier molecular flexibility index (Phi) is 7.59. The molecule has 0 N–H and O–H groups in total. The third-order valence-corrected chi connectivity index (χ3v) is 3.14. The molecule has 1 unspecified atom stereocenters. The zero-order chi connectivity index (χ0) is 11.0. The van der Waals surface area contributed by atoms with E-state index in [0.29, 0.717) is 18.9 Å². The maximum absolute atomic E-state index is 10.6. The topological polar surface area (TPSA) is 43.4 Å². The second kappa shape index (κ2) is 7.49. The van der Waals surface area contributed by atoms with Gasteiger partial charge in [-0.3, -0.25) is 0 Å². The Morgan fingerprint density at radius 1 is 1.29 bits per heavy atom. The van der Waals surface area contributed by atoms with Crippen LogP contribution >= 0.6 is 10.7 Å². The van der Waals surface area contributed by atoms with Gasteiger partial charge in [0.1, 0.15) is 0 Å². The molecule has 0 aromatic carbocycles. The highest BCUT2D eigenvalue weighted by atomic mass is 35.7. The van der Waals surface area contributed by atoms with E-state index < -0.39 is 9.05 Å². The van der Waals surface area contributed by atoms with Crippen molar-refractivity contribution >= 4 is 19.7 Å². The van der Waals surface area contributed by atoms with Gasteiger partial charge in [0.15, 0.2) is 0 Å². The molecule has 14 heavy (non-hydrogen) atoms. The Labute approximate surface area is 91.2 Å². The van der Waals surface area contributed by atoms with E-state index in [2.05, 4.69) is 6.92 Å². The molecular formula is C9H19ClO3S. The summed E-state index contributed by atoms with van der Waals surface area (Å²) in [4.78, 5) is 0. The van der Waals surface area contributed by atoms with Crippen LogP contribution in [0.15, 0.2) is 0 Å². The zero-order valence-electron chi connectivity index (χ0n) is 8.83. The average molecular weight is 243 g/mol. The second-order valence-electron chi connectivity index (χ2n) is 3.54. The first-order valence-electron chi connectivity index (χ1n) is 4.95. The molecule has 0 saturated heterocycles. The van der Waals surface area contributed by atoms with Crippen LogP contribution in [0, 0.1) is 5.92 Å². The molecule has 0 spiro atoms. The van der Waals surface area contributed by atoms with E-state index in [1.807, 2.05) is 6.92 Å². The Bertz CT molecular complexity index is 226. The van der Waals surface area contributed by atoms with Gasteiger partial charge in [-0.25, -0.2) is 8.42 Å². The van der Waals surface area contributed by atoms with Gasteiger partial charge in [0, 0.05) is 23.9 Å². The van der Waals surface area contributed by atoms with E-state index in [-0.39, 0.29) is 5.75 Å². The molecule has 86 valence electrons. The van der Waals surface area contributed by atoms with Crippen molar-refractivity contribution in [1.29, 1.82) is 0 Å². The fourth-order valence-corrected chi connectivity index (χ4v) is 1.97. The van der Waals surface area contributed by atoms with Crippen LogP contribution in [-0.4, -0.2) is 27.4 Å². The second-order valence-corrected chi connectivity index (χ2v) is 6.43. The van der Waals surface area contributed by atoms with Crippen molar-refractivity contribution < 1.29 is 13.2 Å². The normalized spacial score (nSPS) is 14.2. The summed E-state index contributed by atoms with van der Waals surface area (Å²) in [5, 5.41) is 0. The minimum Gasteiger partial charge on any atom is -0.381 e. The fraction of sp³-hybridized carbons (Fsp3) is 1.00. The van der Waals surface area contributed by atoms with Crippen LogP contribution in [0.2, 0.25) is 0 Å². The minimum atomic E-state index is -3.32. The van der Waals surface area contributed by atoms with Crippen LogP contribution in [-0.2, 0) is 13.8 Å². The molecule has 0 rings (SSSR count). The zero-order valence-corrected chi connectivity index (χ0v) is 10.4. The Morgan fingerprint density at radius 3 is 2.43 bits per heavy atom. The van der Waals surface area contributed by atoms with Crippen molar-refractivity contribution in [3.05, 3.63) is 0 Å². The van der Waals surface area contributed by atoms with Crippen molar-refractivity contribution in [2.45, 2.75) is 33.1 Å². The SMILES string of the molecule is CCCOCCC(C)CCS(=O)(=O)Cl. The molecule has 0 aliphatic heterocycles. The minimum absolute atomic E-state index is 0.0590. The van der Waals surface area contributed by atoms with Gasteiger partial charge in [-0.1, -0.05) is 13.8 Å². The third-order valence-electron chi connectivity index (χ3n) is 1.96. The van der Waals surface area contributed by atoms with Crippen LogP contribution in [0.3, 0.4) is 0 Å². The summed E-state index contributed by atoms with van der Waals surface area (Å²) in [6.45, 7) is 5.55. The molecular weight excluding hydrogens is 224 g/mol. The molecule has 0 saturated carbocycles. The molecule has 5 heteroatoms. The van der Waals surface area contributed by atoms with E-state index in [4.69, 9.17) is 15.4 Å². The highest BCUT2D eigenvalue weighted by Gasteiger charge is 2.09. The molecule has 0 aliphatic rings. The van der Waals surface area contributed by atoms with Crippen molar-refractivity contribution in [3.63, 3.8) is 0 Å². The van der Waals surface area contributed by atoms with Crippen LogP contribution in [0.1, 0.15) is 33.1 Å². The van der Waals surface area contributed by atoms with Gasteiger partial charge < -0.3 is 4.74 Å². The van der Waals surface area contributed by atoms with Gasteiger partial charge in [-0.2, -0.15) is 0 Å². The molecule has 0 bridgehead atoms. The maximum atomic E-state index is 10.6. The van der Waals surface area contributed by atoms with E-state index in [9.17, 15) is 8.42 Å². The lowest BCUT2D eigenvalue weighted by molar-refractivity contribution is 0.122. The molecule has 0 aliphatic carbocycles. The average Bonchev–Trinajstić information content (AvgIpc) is 2.08. The van der Waals surface area contributed by atoms with Crippen LogP contribution in [0.25, 0.3) is 0 Å². The van der Waals surface area contributed by atoms with Gasteiger partial charge in [-0.15, -0.1) is 0 Å². The highest BCUT2D eigenvalue weighted by Crippen LogP contribution is 2.11. The first-order valence-corrected chi connectivity index (χ1v) is 7.43. The first kappa shape index (κ1) is 14.2. The molecule has 0 radical (unpaired) electrons. The first-order chi connectivity index (χ1) is 6.45. The van der Waals surface area contributed by atoms with Crippen molar-refractivity contribution in [2.75, 3.05) is 19.0 Å². The highest BCUT2D eigenvalue weighted by molar-refractivity contribution is 8.13. The van der Waals surface area contributed by atoms with Gasteiger partial charge >= 0.3 is 0 Å². The number of ether oxygens (including phenoxy) is 1. The summed E-state index contributed by atoms with van der Waals surface area (Å²) >= 11 is 0. The lowest BCUT2D eigenvalue weighted by Crippen LogP contribution is -2.07. The summed E-state index contributed by atoms with van der Waals surface area (Å²) in [5.74, 6) is 0.407. The van der Waals surface area contributed by atoms with Gasteiger partial charge in [-0.05, 0) is 25.2 Å². The number of rotatable bonds is 8.